The molecule has 0 saturated carbocycles. The Morgan fingerprint density at radius 2 is 1.88 bits per heavy atom. The van der Waals surface area contributed by atoms with Crippen molar-refractivity contribution >= 4 is 29.2 Å². The van der Waals surface area contributed by atoms with Gasteiger partial charge in [0.2, 0.25) is 5.43 Å². The van der Waals surface area contributed by atoms with E-state index in [1.54, 1.807) is 13.3 Å². The van der Waals surface area contributed by atoms with Gasteiger partial charge in [0.25, 0.3) is 5.91 Å². The van der Waals surface area contributed by atoms with Crippen molar-refractivity contribution in [3.63, 3.8) is 0 Å². The van der Waals surface area contributed by atoms with Crippen LogP contribution in [0.5, 0.6) is 5.75 Å². The third-order valence-electron chi connectivity index (χ3n) is 6.86. The van der Waals surface area contributed by atoms with Crippen LogP contribution in [0.15, 0.2) is 53.5 Å². The Kier molecular flexibility index (Phi) is 6.01. The Labute approximate surface area is 193 Å². The molecule has 1 aromatic heterocycles. The van der Waals surface area contributed by atoms with E-state index in [9.17, 15) is 9.59 Å². The van der Waals surface area contributed by atoms with Crippen LogP contribution >= 0.6 is 12.4 Å². The van der Waals surface area contributed by atoms with E-state index < -0.39 is 0 Å². The maximum absolute atomic E-state index is 13.8. The van der Waals surface area contributed by atoms with Crippen molar-refractivity contribution < 1.29 is 9.53 Å². The van der Waals surface area contributed by atoms with Gasteiger partial charge in [-0.3, -0.25) is 9.59 Å². The fraction of sp³-hybridized carbons (Fsp3) is 0.360. The lowest BCUT2D eigenvalue weighted by molar-refractivity contribution is 0.0712. The first-order valence-corrected chi connectivity index (χ1v) is 10.7. The molecule has 2 aliphatic rings. The molecule has 0 spiro atoms. The molecule has 2 aliphatic heterocycles. The van der Waals surface area contributed by atoms with Crippen LogP contribution in [-0.4, -0.2) is 42.1 Å². The molecule has 3 aromatic rings. The zero-order valence-electron chi connectivity index (χ0n) is 18.5. The second-order valence-electron chi connectivity index (χ2n) is 8.76. The van der Waals surface area contributed by atoms with Crippen LogP contribution in [0.25, 0.3) is 10.9 Å². The lowest BCUT2D eigenvalue weighted by Gasteiger charge is -2.28. The Bertz CT molecular complexity index is 1220. The number of rotatable bonds is 3. The van der Waals surface area contributed by atoms with Crippen molar-refractivity contribution in [2.24, 2.45) is 18.9 Å². The number of amides is 1. The normalized spacial score (nSPS) is 22.0. The smallest absolute Gasteiger partial charge is 0.259 e. The van der Waals surface area contributed by atoms with Crippen LogP contribution in [0, 0.1) is 18.8 Å². The fourth-order valence-electron chi connectivity index (χ4n) is 5.27. The van der Waals surface area contributed by atoms with Gasteiger partial charge in [-0.25, -0.2) is 0 Å². The van der Waals surface area contributed by atoms with Crippen molar-refractivity contribution in [1.82, 2.24) is 14.8 Å². The van der Waals surface area contributed by atoms with Crippen LogP contribution in [0.2, 0.25) is 0 Å². The summed E-state index contributed by atoms with van der Waals surface area (Å²) in [7, 11) is 3.53. The van der Waals surface area contributed by atoms with E-state index in [0.29, 0.717) is 23.8 Å². The predicted molar refractivity (Wildman–Crippen MR) is 128 cm³/mol. The Morgan fingerprint density at radius 3 is 2.59 bits per heavy atom. The number of carbonyl (C=O) groups is 1. The van der Waals surface area contributed by atoms with Gasteiger partial charge in [-0.2, -0.15) is 0 Å². The molecule has 7 heteroatoms. The van der Waals surface area contributed by atoms with E-state index in [2.05, 4.69) is 5.32 Å². The van der Waals surface area contributed by atoms with E-state index in [1.807, 2.05) is 65.9 Å². The number of ether oxygens (including phenoxy) is 1. The predicted octanol–water partition coefficient (Wildman–Crippen LogP) is 3.31. The second kappa shape index (κ2) is 8.60. The van der Waals surface area contributed by atoms with Gasteiger partial charge >= 0.3 is 0 Å². The number of aryl methyl sites for hydroxylation is 2. The number of fused-ring (bicyclic) bond motifs is 2. The lowest BCUT2D eigenvalue weighted by atomic mass is 9.89. The summed E-state index contributed by atoms with van der Waals surface area (Å²) in [5, 5.41) is 4.06. The zero-order valence-corrected chi connectivity index (χ0v) is 19.3. The van der Waals surface area contributed by atoms with Crippen molar-refractivity contribution in [3.8, 4) is 5.75 Å². The minimum atomic E-state index is -0.189. The van der Waals surface area contributed by atoms with Gasteiger partial charge in [0.05, 0.1) is 18.7 Å². The average Bonchev–Trinajstić information content (AvgIpc) is 3.37. The van der Waals surface area contributed by atoms with Crippen LogP contribution < -0.4 is 15.5 Å². The van der Waals surface area contributed by atoms with Crippen LogP contribution in [0.4, 0.5) is 0 Å². The third kappa shape index (κ3) is 3.57. The fourth-order valence-corrected chi connectivity index (χ4v) is 5.27. The third-order valence-corrected chi connectivity index (χ3v) is 6.86. The van der Waals surface area contributed by atoms with Crippen molar-refractivity contribution in [1.29, 1.82) is 0 Å². The monoisotopic (exact) mass is 453 g/mol. The molecule has 5 rings (SSSR count). The van der Waals surface area contributed by atoms with Crippen LogP contribution in [0.3, 0.4) is 0 Å². The number of aromatic nitrogens is 1. The van der Waals surface area contributed by atoms with Gasteiger partial charge in [0.1, 0.15) is 11.3 Å². The highest BCUT2D eigenvalue weighted by atomic mass is 35.5. The Balaban J connectivity index is 0.00000245. The summed E-state index contributed by atoms with van der Waals surface area (Å²) in [4.78, 5) is 29.0. The highest BCUT2D eigenvalue weighted by molar-refractivity contribution is 5.98. The van der Waals surface area contributed by atoms with E-state index in [4.69, 9.17) is 4.74 Å². The van der Waals surface area contributed by atoms with E-state index >= 15 is 0 Å². The number of methoxy groups -OCH3 is 1. The molecule has 32 heavy (non-hydrogen) atoms. The molecule has 3 heterocycles. The van der Waals surface area contributed by atoms with E-state index in [1.165, 1.54) is 0 Å². The van der Waals surface area contributed by atoms with Gasteiger partial charge in [-0.1, -0.05) is 23.8 Å². The summed E-state index contributed by atoms with van der Waals surface area (Å²) >= 11 is 0. The molecule has 0 bridgehead atoms. The molecule has 6 nitrogen and oxygen atoms in total. The number of halogens is 1. The quantitative estimate of drug-likeness (QED) is 0.660. The molecule has 0 radical (unpaired) electrons. The summed E-state index contributed by atoms with van der Waals surface area (Å²) in [5.41, 5.74) is 2.98. The zero-order chi connectivity index (χ0) is 21.7. The number of nitrogens with one attached hydrogen (secondary N) is 1. The number of hydrogen-bond donors (Lipinski definition) is 1. The molecule has 2 saturated heterocycles. The maximum Gasteiger partial charge on any atom is 0.259 e. The summed E-state index contributed by atoms with van der Waals surface area (Å²) < 4.78 is 7.18. The molecular weight excluding hydrogens is 426 g/mol. The van der Waals surface area contributed by atoms with Gasteiger partial charge in [-0.05, 0) is 42.7 Å². The Hall–Kier alpha value is -2.83. The molecule has 2 fully saturated rings. The van der Waals surface area contributed by atoms with Gasteiger partial charge < -0.3 is 19.5 Å². The molecule has 3 atom stereocenters. The van der Waals surface area contributed by atoms with Gasteiger partial charge in [-0.15, -0.1) is 12.4 Å². The first-order valence-electron chi connectivity index (χ1n) is 10.7. The summed E-state index contributed by atoms with van der Waals surface area (Å²) in [6.07, 6.45) is 1.69. The van der Waals surface area contributed by atoms with E-state index in [-0.39, 0.29) is 35.3 Å². The standard InChI is InChI=1S/C25H27N3O3.ClH/c1-15-4-9-22-19(10-15)24(29)21(14-27(22)2)25(30)28-13-17-11-26-12-20(17)23(28)16-5-7-18(31-3)8-6-16;/h4-10,14,17,20,23,26H,11-13H2,1-3H3;1H/t17-,20-,23-;/m0./s1. The van der Waals surface area contributed by atoms with Gasteiger partial charge in [0.15, 0.2) is 0 Å². The number of hydrogen-bond acceptors (Lipinski definition) is 4. The number of benzene rings is 2. The molecule has 1 amide bonds. The van der Waals surface area contributed by atoms with Crippen LogP contribution in [0.1, 0.15) is 27.5 Å². The first-order chi connectivity index (χ1) is 15.0. The summed E-state index contributed by atoms with van der Waals surface area (Å²) in [5.74, 6) is 1.34. The highest BCUT2D eigenvalue weighted by Crippen LogP contribution is 2.43. The minimum Gasteiger partial charge on any atom is -0.497 e. The average molecular weight is 454 g/mol. The number of nitrogens with zero attached hydrogens (tertiary/aromatic N) is 2. The molecular formula is C25H28ClN3O3. The molecule has 2 aromatic carbocycles. The highest BCUT2D eigenvalue weighted by Gasteiger charge is 2.47. The Morgan fingerprint density at radius 1 is 1.12 bits per heavy atom. The number of pyridine rings is 1. The summed E-state index contributed by atoms with van der Waals surface area (Å²) in [6.45, 7) is 4.39. The van der Waals surface area contributed by atoms with Crippen molar-refractivity contribution in [3.05, 3.63) is 75.6 Å². The molecule has 0 unspecified atom stereocenters. The van der Waals surface area contributed by atoms with Crippen molar-refractivity contribution in [2.45, 2.75) is 13.0 Å². The lowest BCUT2D eigenvalue weighted by Crippen LogP contribution is -2.37. The minimum absolute atomic E-state index is 0. The largest absolute Gasteiger partial charge is 0.497 e. The molecule has 0 aliphatic carbocycles. The molecule has 1 N–H and O–H groups in total. The van der Waals surface area contributed by atoms with Gasteiger partial charge in [0, 0.05) is 44.2 Å². The van der Waals surface area contributed by atoms with Crippen molar-refractivity contribution in [2.75, 3.05) is 26.7 Å². The van der Waals surface area contributed by atoms with Crippen LogP contribution in [-0.2, 0) is 7.05 Å². The topological polar surface area (TPSA) is 63.6 Å². The second-order valence-corrected chi connectivity index (χ2v) is 8.76. The SMILES string of the molecule is COc1ccc([C@H]2[C@H]3CNC[C@H]3CN2C(=O)c2cn(C)c3ccc(C)cc3c2=O)cc1.Cl. The summed E-state index contributed by atoms with van der Waals surface area (Å²) in [6, 6.07) is 13.7. The first kappa shape index (κ1) is 22.4. The maximum atomic E-state index is 13.8. The molecule has 168 valence electrons. The number of likely N-dealkylation sites (tertiary alicyclic amines) is 1. The number of carbonyl (C=O) groups excluding carboxylic acids is 1. The van der Waals surface area contributed by atoms with E-state index in [0.717, 1.165) is 35.5 Å².